The first kappa shape index (κ1) is 15.6. The van der Waals surface area contributed by atoms with E-state index in [0.717, 1.165) is 24.8 Å². The number of hydrogen-bond acceptors (Lipinski definition) is 1. The second-order valence-electron chi connectivity index (χ2n) is 6.03. The average molecular weight is 292 g/mol. The van der Waals surface area contributed by atoms with Crippen molar-refractivity contribution in [1.82, 2.24) is 5.32 Å². The zero-order valence-corrected chi connectivity index (χ0v) is 13.4. The molecule has 2 heteroatoms. The van der Waals surface area contributed by atoms with E-state index in [1.54, 1.807) is 11.1 Å². The van der Waals surface area contributed by atoms with Crippen LogP contribution in [0.25, 0.3) is 0 Å². The molecule has 0 aromatic heterocycles. The van der Waals surface area contributed by atoms with Crippen molar-refractivity contribution >= 4 is 11.6 Å². The molecule has 0 saturated carbocycles. The molecule has 0 heterocycles. The quantitative estimate of drug-likeness (QED) is 0.580. The Bertz CT molecular complexity index is 438. The summed E-state index contributed by atoms with van der Waals surface area (Å²) in [4.78, 5) is 0. The number of hydrogen-bond donors (Lipinski definition) is 1. The number of benzene rings is 1. The first-order valence-corrected chi connectivity index (χ1v) is 8.22. The van der Waals surface area contributed by atoms with Crippen LogP contribution in [-0.2, 0) is 6.54 Å². The SMILES string of the molecule is CC1=C(C)C[C@@H](NCc2ccccc2)[C@H](CCCCl)C1. The van der Waals surface area contributed by atoms with Gasteiger partial charge in [-0.3, -0.25) is 0 Å². The zero-order chi connectivity index (χ0) is 14.4. The van der Waals surface area contributed by atoms with Crippen LogP contribution in [0.4, 0.5) is 0 Å². The van der Waals surface area contributed by atoms with Crippen LogP contribution in [0.5, 0.6) is 0 Å². The van der Waals surface area contributed by atoms with Crippen LogP contribution in [0.3, 0.4) is 0 Å². The predicted molar refractivity (Wildman–Crippen MR) is 88.1 cm³/mol. The first-order chi connectivity index (χ1) is 9.70. The summed E-state index contributed by atoms with van der Waals surface area (Å²) in [5.74, 6) is 1.52. The topological polar surface area (TPSA) is 12.0 Å². The molecule has 1 aromatic rings. The van der Waals surface area contributed by atoms with Gasteiger partial charge in [-0.1, -0.05) is 41.5 Å². The summed E-state index contributed by atoms with van der Waals surface area (Å²) in [5.41, 5.74) is 4.52. The van der Waals surface area contributed by atoms with E-state index in [2.05, 4.69) is 49.5 Å². The minimum atomic E-state index is 0.599. The highest BCUT2D eigenvalue weighted by Gasteiger charge is 2.26. The fraction of sp³-hybridized carbons (Fsp3) is 0.556. The monoisotopic (exact) mass is 291 g/mol. The molecular formula is C18H26ClN. The van der Waals surface area contributed by atoms with Crippen LogP contribution in [0.15, 0.2) is 41.5 Å². The predicted octanol–water partition coefficient (Wildman–Crippen LogP) is 4.91. The van der Waals surface area contributed by atoms with Gasteiger partial charge in [-0.25, -0.2) is 0 Å². The van der Waals surface area contributed by atoms with Crippen molar-refractivity contribution in [3.63, 3.8) is 0 Å². The van der Waals surface area contributed by atoms with Gasteiger partial charge in [0.15, 0.2) is 0 Å². The maximum absolute atomic E-state index is 5.87. The van der Waals surface area contributed by atoms with Crippen LogP contribution < -0.4 is 5.32 Å². The Morgan fingerprint density at radius 2 is 1.80 bits per heavy atom. The highest BCUT2D eigenvalue weighted by atomic mass is 35.5. The lowest BCUT2D eigenvalue weighted by atomic mass is 9.79. The molecule has 2 rings (SSSR count). The Morgan fingerprint density at radius 1 is 1.10 bits per heavy atom. The molecule has 0 spiro atoms. The molecule has 0 amide bonds. The van der Waals surface area contributed by atoms with Crippen molar-refractivity contribution < 1.29 is 0 Å². The lowest BCUT2D eigenvalue weighted by Gasteiger charge is -2.34. The van der Waals surface area contributed by atoms with E-state index in [9.17, 15) is 0 Å². The largest absolute Gasteiger partial charge is 0.309 e. The lowest BCUT2D eigenvalue weighted by Crippen LogP contribution is -2.38. The molecular weight excluding hydrogens is 266 g/mol. The molecule has 0 aliphatic heterocycles. The van der Waals surface area contributed by atoms with E-state index < -0.39 is 0 Å². The fourth-order valence-corrected chi connectivity index (χ4v) is 3.26. The van der Waals surface area contributed by atoms with E-state index in [1.165, 1.54) is 24.8 Å². The standard InChI is InChI=1S/C18H26ClN/c1-14-11-17(9-6-10-19)18(12-15(14)2)20-13-16-7-4-3-5-8-16/h3-5,7-8,17-18,20H,6,9-13H2,1-2H3/t17-,18-/m1/s1. The molecule has 0 bridgehead atoms. The van der Waals surface area contributed by atoms with Crippen molar-refractivity contribution in [2.75, 3.05) is 5.88 Å². The van der Waals surface area contributed by atoms with Gasteiger partial charge in [0.1, 0.15) is 0 Å². The molecule has 1 nitrogen and oxygen atoms in total. The number of nitrogens with one attached hydrogen (secondary N) is 1. The fourth-order valence-electron chi connectivity index (χ4n) is 3.11. The Morgan fingerprint density at radius 3 is 2.50 bits per heavy atom. The van der Waals surface area contributed by atoms with E-state index in [1.807, 2.05) is 0 Å². The van der Waals surface area contributed by atoms with Crippen molar-refractivity contribution in [3.8, 4) is 0 Å². The summed E-state index contributed by atoms with van der Waals surface area (Å²) in [5, 5.41) is 3.77. The van der Waals surface area contributed by atoms with Crippen molar-refractivity contribution in [1.29, 1.82) is 0 Å². The lowest BCUT2D eigenvalue weighted by molar-refractivity contribution is 0.307. The Balaban J connectivity index is 1.95. The van der Waals surface area contributed by atoms with Gasteiger partial charge in [0, 0.05) is 18.5 Å². The highest BCUT2D eigenvalue weighted by molar-refractivity contribution is 6.17. The minimum Gasteiger partial charge on any atom is -0.309 e. The van der Waals surface area contributed by atoms with Crippen molar-refractivity contribution in [2.24, 2.45) is 5.92 Å². The van der Waals surface area contributed by atoms with Crippen LogP contribution in [0.1, 0.15) is 45.1 Å². The number of allylic oxidation sites excluding steroid dienone is 1. The van der Waals surface area contributed by atoms with Crippen molar-refractivity contribution in [2.45, 2.75) is 52.1 Å². The molecule has 1 N–H and O–H groups in total. The molecule has 0 unspecified atom stereocenters. The Kier molecular flexibility index (Phi) is 6.12. The highest BCUT2D eigenvalue weighted by Crippen LogP contribution is 2.32. The van der Waals surface area contributed by atoms with Gasteiger partial charge in [-0.2, -0.15) is 0 Å². The Hall–Kier alpha value is -0.790. The van der Waals surface area contributed by atoms with Crippen LogP contribution in [0.2, 0.25) is 0 Å². The number of alkyl halides is 1. The van der Waals surface area contributed by atoms with Crippen LogP contribution >= 0.6 is 11.6 Å². The van der Waals surface area contributed by atoms with Gasteiger partial charge in [0.25, 0.3) is 0 Å². The second kappa shape index (κ2) is 7.85. The van der Waals surface area contributed by atoms with E-state index >= 15 is 0 Å². The van der Waals surface area contributed by atoms with Gasteiger partial charge in [-0.15, -0.1) is 11.6 Å². The number of halogens is 1. The van der Waals surface area contributed by atoms with Crippen molar-refractivity contribution in [3.05, 3.63) is 47.0 Å². The minimum absolute atomic E-state index is 0.599. The van der Waals surface area contributed by atoms with Gasteiger partial charge < -0.3 is 5.32 Å². The molecule has 20 heavy (non-hydrogen) atoms. The van der Waals surface area contributed by atoms with Gasteiger partial charge in [0.05, 0.1) is 0 Å². The summed E-state index contributed by atoms with van der Waals surface area (Å²) in [6.07, 6.45) is 4.78. The van der Waals surface area contributed by atoms with Gasteiger partial charge in [-0.05, 0) is 51.0 Å². The molecule has 1 aliphatic rings. The maximum Gasteiger partial charge on any atom is 0.0223 e. The summed E-state index contributed by atoms with van der Waals surface area (Å²) < 4.78 is 0. The average Bonchev–Trinajstić information content (AvgIpc) is 2.47. The van der Waals surface area contributed by atoms with Gasteiger partial charge in [0.2, 0.25) is 0 Å². The van der Waals surface area contributed by atoms with E-state index in [-0.39, 0.29) is 0 Å². The third kappa shape index (κ3) is 4.36. The summed E-state index contributed by atoms with van der Waals surface area (Å²) in [6.45, 7) is 5.54. The van der Waals surface area contributed by atoms with Crippen LogP contribution in [-0.4, -0.2) is 11.9 Å². The normalized spacial score (nSPS) is 23.1. The molecule has 110 valence electrons. The zero-order valence-electron chi connectivity index (χ0n) is 12.7. The number of rotatable bonds is 6. The van der Waals surface area contributed by atoms with E-state index in [0.29, 0.717) is 6.04 Å². The summed E-state index contributed by atoms with van der Waals surface area (Å²) >= 11 is 5.87. The van der Waals surface area contributed by atoms with Gasteiger partial charge >= 0.3 is 0 Å². The molecule has 0 radical (unpaired) electrons. The Labute approximate surface area is 128 Å². The maximum atomic E-state index is 5.87. The summed E-state index contributed by atoms with van der Waals surface area (Å²) in [6, 6.07) is 11.3. The summed E-state index contributed by atoms with van der Waals surface area (Å²) in [7, 11) is 0. The molecule has 1 aliphatic carbocycles. The first-order valence-electron chi connectivity index (χ1n) is 7.69. The smallest absolute Gasteiger partial charge is 0.0223 e. The molecule has 0 saturated heterocycles. The third-order valence-electron chi connectivity index (χ3n) is 4.51. The third-order valence-corrected chi connectivity index (χ3v) is 4.78. The molecule has 2 atom stereocenters. The van der Waals surface area contributed by atoms with E-state index in [4.69, 9.17) is 11.6 Å². The second-order valence-corrected chi connectivity index (χ2v) is 6.41. The molecule has 0 fully saturated rings. The van der Waals surface area contributed by atoms with Crippen LogP contribution in [0, 0.1) is 5.92 Å². The molecule has 1 aromatic carbocycles.